The largest absolute Gasteiger partial charge is 0.489 e. The molecule has 0 spiro atoms. The van der Waals surface area contributed by atoms with Crippen molar-refractivity contribution in [3.8, 4) is 34.5 Å². The van der Waals surface area contributed by atoms with Gasteiger partial charge in [-0.2, -0.15) is 0 Å². The van der Waals surface area contributed by atoms with Crippen molar-refractivity contribution in [1.82, 2.24) is 10.2 Å². The van der Waals surface area contributed by atoms with Crippen molar-refractivity contribution in [2.75, 3.05) is 20.0 Å². The van der Waals surface area contributed by atoms with E-state index in [9.17, 15) is 0 Å². The minimum atomic E-state index is 0.224. The third-order valence-corrected chi connectivity index (χ3v) is 5.42. The third kappa shape index (κ3) is 3.45. The molecule has 2 aliphatic rings. The molecule has 1 aromatic heterocycles. The van der Waals surface area contributed by atoms with E-state index in [4.69, 9.17) is 35.0 Å². The summed E-state index contributed by atoms with van der Waals surface area (Å²) in [5.41, 5.74) is 1.77. The van der Waals surface area contributed by atoms with E-state index in [-0.39, 0.29) is 6.79 Å². The number of ether oxygens (including phenoxy) is 4. The molecule has 5 rings (SSSR count). The Morgan fingerprint density at radius 1 is 0.929 bits per heavy atom. The lowest BCUT2D eigenvalue weighted by Gasteiger charge is -2.10. The predicted molar refractivity (Wildman–Crippen MR) is 102 cm³/mol. The molecule has 0 fully saturated rings. The van der Waals surface area contributed by atoms with Crippen LogP contribution in [0.25, 0.3) is 11.5 Å². The molecule has 0 unspecified atom stereocenters. The monoisotopic (exact) mass is 418 g/mol. The van der Waals surface area contributed by atoms with Crippen molar-refractivity contribution in [3.63, 3.8) is 0 Å². The summed E-state index contributed by atoms with van der Waals surface area (Å²) in [4.78, 5) is 0. The van der Waals surface area contributed by atoms with E-state index >= 15 is 0 Å². The summed E-state index contributed by atoms with van der Waals surface area (Å²) in [5, 5.41) is 9.24. The standard InChI is InChI=1S/C19H15ClN2O5S/c20-13-6-11(7-16-17(13)24-5-1-4-23-16)9-28-19-22-21-18(27-19)12-2-3-14-15(8-12)26-10-25-14/h2-3,6-8H,1,4-5,9-10H2. The molecule has 144 valence electrons. The van der Waals surface area contributed by atoms with Gasteiger partial charge < -0.3 is 23.4 Å². The van der Waals surface area contributed by atoms with Gasteiger partial charge in [-0.3, -0.25) is 0 Å². The Morgan fingerprint density at radius 2 is 1.82 bits per heavy atom. The summed E-state index contributed by atoms with van der Waals surface area (Å²) < 4.78 is 27.9. The topological polar surface area (TPSA) is 75.8 Å². The second-order valence-electron chi connectivity index (χ2n) is 6.19. The molecule has 0 saturated carbocycles. The van der Waals surface area contributed by atoms with Crippen LogP contribution in [0.5, 0.6) is 23.0 Å². The Hall–Kier alpha value is -2.58. The second kappa shape index (κ2) is 7.44. The van der Waals surface area contributed by atoms with Gasteiger partial charge >= 0.3 is 0 Å². The van der Waals surface area contributed by atoms with E-state index in [2.05, 4.69) is 10.2 Å². The first-order valence-corrected chi connectivity index (χ1v) is 10.1. The molecule has 2 aromatic carbocycles. The van der Waals surface area contributed by atoms with Crippen LogP contribution in [-0.4, -0.2) is 30.2 Å². The Morgan fingerprint density at radius 3 is 2.79 bits per heavy atom. The van der Waals surface area contributed by atoms with Gasteiger partial charge in [0, 0.05) is 17.7 Å². The van der Waals surface area contributed by atoms with Gasteiger partial charge in [-0.15, -0.1) is 10.2 Å². The lowest BCUT2D eigenvalue weighted by Crippen LogP contribution is -1.97. The van der Waals surface area contributed by atoms with Gasteiger partial charge in [-0.25, -0.2) is 0 Å². The molecule has 3 heterocycles. The van der Waals surface area contributed by atoms with Crippen molar-refractivity contribution >= 4 is 23.4 Å². The highest BCUT2D eigenvalue weighted by molar-refractivity contribution is 7.98. The highest BCUT2D eigenvalue weighted by Crippen LogP contribution is 2.40. The van der Waals surface area contributed by atoms with Crippen LogP contribution in [0.4, 0.5) is 0 Å². The van der Waals surface area contributed by atoms with Crippen LogP contribution in [0.1, 0.15) is 12.0 Å². The Kier molecular flexibility index (Phi) is 4.66. The molecule has 9 heteroatoms. The van der Waals surface area contributed by atoms with Crippen molar-refractivity contribution in [3.05, 3.63) is 40.9 Å². The molecule has 7 nitrogen and oxygen atoms in total. The highest BCUT2D eigenvalue weighted by atomic mass is 35.5. The van der Waals surface area contributed by atoms with E-state index < -0.39 is 0 Å². The van der Waals surface area contributed by atoms with Crippen LogP contribution in [0, 0.1) is 0 Å². The number of benzene rings is 2. The molecule has 0 atom stereocenters. The number of thioether (sulfide) groups is 1. The lowest BCUT2D eigenvalue weighted by molar-refractivity contribution is 0.174. The van der Waals surface area contributed by atoms with Gasteiger partial charge in [-0.1, -0.05) is 23.4 Å². The number of hydrogen-bond donors (Lipinski definition) is 0. The first kappa shape index (κ1) is 17.5. The van der Waals surface area contributed by atoms with E-state index in [0.717, 1.165) is 17.5 Å². The maximum Gasteiger partial charge on any atom is 0.277 e. The number of halogens is 1. The fraction of sp³-hybridized carbons (Fsp3) is 0.263. The average molecular weight is 419 g/mol. The van der Waals surface area contributed by atoms with Crippen molar-refractivity contribution < 1.29 is 23.4 Å². The third-order valence-electron chi connectivity index (χ3n) is 4.25. The summed E-state index contributed by atoms with van der Waals surface area (Å²) in [7, 11) is 0. The molecule has 0 saturated heterocycles. The average Bonchev–Trinajstić information content (AvgIpc) is 3.30. The fourth-order valence-corrected chi connectivity index (χ4v) is 3.91. The molecule has 0 radical (unpaired) electrons. The summed E-state index contributed by atoms with van der Waals surface area (Å²) in [6.07, 6.45) is 0.833. The van der Waals surface area contributed by atoms with Crippen molar-refractivity contribution in [2.45, 2.75) is 17.4 Å². The zero-order chi connectivity index (χ0) is 18.9. The molecular weight excluding hydrogens is 404 g/mol. The summed E-state index contributed by atoms with van der Waals surface area (Å²) in [6.45, 7) is 1.44. The van der Waals surface area contributed by atoms with Crippen LogP contribution in [0.3, 0.4) is 0 Å². The van der Waals surface area contributed by atoms with Gasteiger partial charge in [0.1, 0.15) is 0 Å². The van der Waals surface area contributed by atoms with Gasteiger partial charge in [0.25, 0.3) is 5.22 Å². The Bertz CT molecular complexity index is 1030. The van der Waals surface area contributed by atoms with Gasteiger partial charge in [0.2, 0.25) is 12.7 Å². The van der Waals surface area contributed by atoms with Crippen molar-refractivity contribution in [1.29, 1.82) is 0 Å². The second-order valence-corrected chi connectivity index (χ2v) is 7.52. The summed E-state index contributed by atoms with van der Waals surface area (Å²) >= 11 is 7.77. The molecule has 0 amide bonds. The van der Waals surface area contributed by atoms with Crippen LogP contribution < -0.4 is 18.9 Å². The predicted octanol–water partition coefficient (Wildman–Crippen LogP) is 4.57. The zero-order valence-electron chi connectivity index (χ0n) is 14.6. The molecule has 3 aromatic rings. The zero-order valence-corrected chi connectivity index (χ0v) is 16.2. The van der Waals surface area contributed by atoms with Crippen LogP contribution >= 0.6 is 23.4 Å². The normalized spacial score (nSPS) is 14.8. The number of fused-ring (bicyclic) bond motifs is 2. The SMILES string of the molecule is Clc1cc(CSc2nnc(-c3ccc4c(c3)OCO4)o2)cc2c1OCCCO2. The maximum absolute atomic E-state index is 6.34. The first-order chi connectivity index (χ1) is 13.8. The van der Waals surface area contributed by atoms with Gasteiger partial charge in [-0.05, 0) is 35.9 Å². The molecular formula is C19H15ClN2O5S. The van der Waals surface area contributed by atoms with Crippen LogP contribution in [0.15, 0.2) is 40.0 Å². The van der Waals surface area contributed by atoms with Gasteiger partial charge in [0.05, 0.1) is 18.2 Å². The highest BCUT2D eigenvalue weighted by Gasteiger charge is 2.18. The smallest absolute Gasteiger partial charge is 0.277 e. The quantitative estimate of drug-likeness (QED) is 0.570. The molecule has 2 aliphatic heterocycles. The fourth-order valence-electron chi connectivity index (χ4n) is 2.93. The summed E-state index contributed by atoms with van der Waals surface area (Å²) in [6, 6.07) is 9.33. The number of hydrogen-bond acceptors (Lipinski definition) is 8. The number of aromatic nitrogens is 2. The van der Waals surface area contributed by atoms with Crippen LogP contribution in [0.2, 0.25) is 5.02 Å². The minimum absolute atomic E-state index is 0.224. The van der Waals surface area contributed by atoms with E-state index in [1.807, 2.05) is 30.3 Å². The van der Waals surface area contributed by atoms with Crippen molar-refractivity contribution in [2.24, 2.45) is 0 Å². The molecule has 0 bridgehead atoms. The first-order valence-electron chi connectivity index (χ1n) is 8.70. The lowest BCUT2D eigenvalue weighted by atomic mass is 10.2. The molecule has 0 N–H and O–H groups in total. The number of nitrogens with zero attached hydrogens (tertiary/aromatic N) is 2. The van der Waals surface area contributed by atoms with E-state index in [1.54, 1.807) is 0 Å². The molecule has 28 heavy (non-hydrogen) atoms. The maximum atomic E-state index is 6.34. The van der Waals surface area contributed by atoms with Gasteiger partial charge in [0.15, 0.2) is 23.0 Å². The Labute approximate surface area is 169 Å². The Balaban J connectivity index is 1.30. The van der Waals surface area contributed by atoms with E-state index in [1.165, 1.54) is 11.8 Å². The number of rotatable bonds is 4. The van der Waals surface area contributed by atoms with Crippen LogP contribution in [-0.2, 0) is 5.75 Å². The van der Waals surface area contributed by atoms with E-state index in [0.29, 0.717) is 58.1 Å². The summed E-state index contributed by atoms with van der Waals surface area (Å²) in [5.74, 6) is 3.70. The minimum Gasteiger partial charge on any atom is -0.489 e. The molecule has 0 aliphatic carbocycles.